The van der Waals surface area contributed by atoms with Crippen molar-refractivity contribution in [3.05, 3.63) is 119 Å². The molecule has 0 unspecified atom stereocenters. The van der Waals surface area contributed by atoms with Gasteiger partial charge in [0.15, 0.2) is 16.8 Å². The van der Waals surface area contributed by atoms with Gasteiger partial charge in [-0.1, -0.05) is 67.5 Å². The molecule has 0 aliphatic carbocycles. The lowest BCUT2D eigenvalue weighted by Gasteiger charge is -2.41. The van der Waals surface area contributed by atoms with Crippen LogP contribution in [-0.2, 0) is 11.8 Å². The van der Waals surface area contributed by atoms with Crippen LogP contribution in [0.3, 0.4) is 0 Å². The van der Waals surface area contributed by atoms with Gasteiger partial charge in [0.25, 0.3) is 0 Å². The summed E-state index contributed by atoms with van der Waals surface area (Å²) in [6.07, 6.45) is 3.85. The van der Waals surface area contributed by atoms with E-state index >= 15 is 4.39 Å². The minimum Gasteiger partial charge on any atom is -0.497 e. The first kappa shape index (κ1) is 40.0. The zero-order valence-electron chi connectivity index (χ0n) is 32.3. The van der Waals surface area contributed by atoms with Crippen molar-refractivity contribution in [1.82, 2.24) is 24.9 Å². The SMILES string of the molecule is COc1ccc(C(C)(C)CN(c2cc(-c3cccc(OC)c3)nc(OC)n2)N(CCc2c(F)cccc2Cl)c2cc(-c3ccc(OC)nc3)nc(SC)n2)cc1. The van der Waals surface area contributed by atoms with Gasteiger partial charge in [-0.25, -0.2) is 19.3 Å². The number of aromatic nitrogens is 5. The summed E-state index contributed by atoms with van der Waals surface area (Å²) in [5.41, 5.74) is 3.72. The molecule has 6 rings (SSSR count). The maximum atomic E-state index is 15.4. The van der Waals surface area contributed by atoms with Crippen molar-refractivity contribution in [2.24, 2.45) is 0 Å². The molecule has 3 heterocycles. The zero-order valence-corrected chi connectivity index (χ0v) is 33.9. The van der Waals surface area contributed by atoms with Crippen LogP contribution in [0.2, 0.25) is 5.02 Å². The molecule has 0 aliphatic heterocycles. The maximum Gasteiger partial charge on any atom is 0.318 e. The summed E-state index contributed by atoms with van der Waals surface area (Å²) in [7, 11) is 6.36. The predicted molar refractivity (Wildman–Crippen MR) is 220 cm³/mol. The number of methoxy groups -OCH3 is 4. The summed E-state index contributed by atoms with van der Waals surface area (Å²) in [5.74, 6) is 2.55. The van der Waals surface area contributed by atoms with Crippen LogP contribution in [0.15, 0.2) is 102 Å². The molecular formula is C42H43ClFN7O4S. The molecule has 11 nitrogen and oxygen atoms in total. The monoisotopic (exact) mass is 795 g/mol. The topological polar surface area (TPSA) is 108 Å². The van der Waals surface area contributed by atoms with Crippen molar-refractivity contribution >= 4 is 35.0 Å². The predicted octanol–water partition coefficient (Wildman–Crippen LogP) is 8.99. The first-order valence-electron chi connectivity index (χ1n) is 17.7. The number of nitrogens with zero attached hydrogens (tertiary/aromatic N) is 7. The smallest absolute Gasteiger partial charge is 0.318 e. The highest BCUT2D eigenvalue weighted by molar-refractivity contribution is 7.98. The minimum absolute atomic E-state index is 0.155. The van der Waals surface area contributed by atoms with Crippen LogP contribution in [0, 0.1) is 5.82 Å². The van der Waals surface area contributed by atoms with E-state index in [4.69, 9.17) is 50.5 Å². The Morgan fingerprint density at radius 3 is 2.07 bits per heavy atom. The van der Waals surface area contributed by atoms with E-state index in [-0.39, 0.29) is 19.0 Å². The van der Waals surface area contributed by atoms with Crippen LogP contribution in [0.1, 0.15) is 25.0 Å². The molecule has 0 saturated carbocycles. The van der Waals surface area contributed by atoms with Gasteiger partial charge in [0.1, 0.15) is 17.3 Å². The number of anilines is 2. The molecule has 14 heteroatoms. The molecule has 0 fully saturated rings. The number of hydrogen-bond donors (Lipinski definition) is 0. The fourth-order valence-corrected chi connectivity index (χ4v) is 6.78. The van der Waals surface area contributed by atoms with Gasteiger partial charge in [0.2, 0.25) is 5.88 Å². The van der Waals surface area contributed by atoms with Crippen molar-refractivity contribution in [2.75, 3.05) is 57.8 Å². The minimum atomic E-state index is -0.507. The second-order valence-corrected chi connectivity index (χ2v) is 14.4. The Hall–Kier alpha value is -5.66. The molecule has 0 bridgehead atoms. The third-order valence-corrected chi connectivity index (χ3v) is 10.1. The molecule has 0 N–H and O–H groups in total. The van der Waals surface area contributed by atoms with E-state index in [0.717, 1.165) is 22.4 Å². The largest absolute Gasteiger partial charge is 0.497 e. The Kier molecular flexibility index (Phi) is 12.8. The fourth-order valence-electron chi connectivity index (χ4n) is 6.15. The highest BCUT2D eigenvalue weighted by atomic mass is 35.5. The van der Waals surface area contributed by atoms with Crippen molar-refractivity contribution in [3.8, 4) is 45.9 Å². The quantitative estimate of drug-likeness (QED) is 0.0530. The third kappa shape index (κ3) is 9.23. The molecule has 290 valence electrons. The fraction of sp³-hybridized carbons (Fsp3) is 0.262. The Morgan fingerprint density at radius 1 is 0.714 bits per heavy atom. The van der Waals surface area contributed by atoms with E-state index in [1.807, 2.05) is 83.0 Å². The van der Waals surface area contributed by atoms with Crippen molar-refractivity contribution < 1.29 is 23.3 Å². The number of benzene rings is 3. The Balaban J connectivity index is 1.58. The third-order valence-electron chi connectivity index (χ3n) is 9.23. The Morgan fingerprint density at radius 2 is 1.43 bits per heavy atom. The second-order valence-electron chi connectivity index (χ2n) is 13.3. The van der Waals surface area contributed by atoms with Gasteiger partial charge in [-0.2, -0.15) is 9.97 Å². The first-order valence-corrected chi connectivity index (χ1v) is 19.3. The Labute approximate surface area is 335 Å². The first-order chi connectivity index (χ1) is 27.0. The lowest BCUT2D eigenvalue weighted by atomic mass is 9.84. The number of rotatable bonds is 16. The van der Waals surface area contributed by atoms with Gasteiger partial charge in [0, 0.05) is 58.1 Å². The van der Waals surface area contributed by atoms with Gasteiger partial charge in [0.05, 0.1) is 46.4 Å². The molecule has 56 heavy (non-hydrogen) atoms. The molecule has 0 atom stereocenters. The van der Waals surface area contributed by atoms with Crippen LogP contribution in [-0.4, -0.2) is 72.7 Å². The molecule has 3 aromatic carbocycles. The molecule has 0 radical (unpaired) electrons. The van der Waals surface area contributed by atoms with Crippen molar-refractivity contribution in [1.29, 1.82) is 0 Å². The van der Waals surface area contributed by atoms with Crippen LogP contribution >= 0.6 is 23.4 Å². The van der Waals surface area contributed by atoms with E-state index in [1.165, 1.54) is 24.9 Å². The lowest BCUT2D eigenvalue weighted by Crippen LogP contribution is -2.50. The van der Waals surface area contributed by atoms with Crippen LogP contribution in [0.5, 0.6) is 23.4 Å². The van der Waals surface area contributed by atoms with Crippen molar-refractivity contribution in [3.63, 3.8) is 0 Å². The normalized spacial score (nSPS) is 11.2. The Bertz CT molecular complexity index is 2240. The molecule has 0 saturated heterocycles. The summed E-state index contributed by atoms with van der Waals surface area (Å²) in [4.78, 5) is 24.0. The molecule has 6 aromatic rings. The lowest BCUT2D eigenvalue weighted by molar-refractivity contribution is 0.379. The van der Waals surface area contributed by atoms with E-state index in [0.29, 0.717) is 56.9 Å². The summed E-state index contributed by atoms with van der Waals surface area (Å²) >= 11 is 8.02. The van der Waals surface area contributed by atoms with Crippen LogP contribution < -0.4 is 29.0 Å². The van der Waals surface area contributed by atoms with Crippen LogP contribution in [0.4, 0.5) is 16.0 Å². The molecular weight excluding hydrogens is 753 g/mol. The standard InChI is InChI=1S/C42H43ClFN7O4S/c1-42(2,29-15-17-30(52-3)18-16-29)26-51(37-23-35(46-40(48-37)55-6)27-10-8-11-31(22-27)53-4)50(21-20-32-33(43)12-9-13-34(32)44)38-24-36(47-41(49-38)56-7)28-14-19-39(54-5)45-25-28/h8-19,22-25H,20-21,26H2,1-7H3. The van der Waals surface area contributed by atoms with Gasteiger partial charge in [-0.3, -0.25) is 10.0 Å². The summed E-state index contributed by atoms with van der Waals surface area (Å²) in [6, 6.07) is 27.9. The number of hydrazine groups is 1. The highest BCUT2D eigenvalue weighted by Gasteiger charge is 2.31. The number of pyridine rings is 1. The second kappa shape index (κ2) is 17.9. The van der Waals surface area contributed by atoms with Crippen LogP contribution in [0.25, 0.3) is 22.5 Å². The van der Waals surface area contributed by atoms with E-state index in [1.54, 1.807) is 45.7 Å². The molecule has 0 aliphatic rings. The number of ether oxygens (including phenoxy) is 4. The number of thioether (sulfide) groups is 1. The number of halogens is 2. The van der Waals surface area contributed by atoms with Gasteiger partial charge in [-0.05, 0) is 60.7 Å². The average molecular weight is 796 g/mol. The van der Waals surface area contributed by atoms with Crippen molar-refractivity contribution in [2.45, 2.75) is 30.8 Å². The van der Waals surface area contributed by atoms with E-state index in [2.05, 4.69) is 18.8 Å². The summed E-state index contributed by atoms with van der Waals surface area (Å²) < 4.78 is 37.5. The molecule has 3 aromatic heterocycles. The summed E-state index contributed by atoms with van der Waals surface area (Å²) in [5, 5.41) is 4.88. The van der Waals surface area contributed by atoms with Gasteiger partial charge in [-0.15, -0.1) is 0 Å². The molecule has 0 spiro atoms. The number of hydrogen-bond acceptors (Lipinski definition) is 12. The van der Waals surface area contributed by atoms with Gasteiger partial charge < -0.3 is 18.9 Å². The molecule has 0 amide bonds. The zero-order chi connectivity index (χ0) is 39.8. The van der Waals surface area contributed by atoms with E-state index < -0.39 is 11.2 Å². The highest BCUT2D eigenvalue weighted by Crippen LogP contribution is 2.35. The maximum absolute atomic E-state index is 15.4. The van der Waals surface area contributed by atoms with E-state index in [9.17, 15) is 0 Å². The van der Waals surface area contributed by atoms with Gasteiger partial charge >= 0.3 is 6.01 Å². The summed E-state index contributed by atoms with van der Waals surface area (Å²) in [6.45, 7) is 4.92. The average Bonchev–Trinajstić information content (AvgIpc) is 3.23.